The lowest BCUT2D eigenvalue weighted by Gasteiger charge is -2.00. The van der Waals surface area contributed by atoms with Gasteiger partial charge in [-0.3, -0.25) is 0 Å². The van der Waals surface area contributed by atoms with Gasteiger partial charge in [0.1, 0.15) is 0 Å². The average molecular weight is 135 g/mol. The van der Waals surface area contributed by atoms with Gasteiger partial charge < -0.3 is 10.8 Å². The fourth-order valence-electron chi connectivity index (χ4n) is 0.337. The molecule has 0 saturated heterocycles. The van der Waals surface area contributed by atoms with E-state index >= 15 is 0 Å². The van der Waals surface area contributed by atoms with Gasteiger partial charge in [0, 0.05) is 18.1 Å². The molecule has 0 rings (SSSR count). The Balaban J connectivity index is 2.72. The van der Waals surface area contributed by atoms with Crippen molar-refractivity contribution in [3.8, 4) is 0 Å². The molecule has 0 spiro atoms. The normalized spacial score (nSPS) is 13.9. The molecule has 0 heterocycles. The molecule has 8 heavy (non-hydrogen) atoms. The zero-order valence-electron chi connectivity index (χ0n) is 5.13. The molecule has 3 N–H and O–H groups in total. The van der Waals surface area contributed by atoms with E-state index in [1.807, 2.05) is 0 Å². The van der Waals surface area contributed by atoms with Gasteiger partial charge in [-0.05, 0) is 6.92 Å². The van der Waals surface area contributed by atoms with Crippen LogP contribution in [0.3, 0.4) is 0 Å². The van der Waals surface area contributed by atoms with Crippen LogP contribution >= 0.6 is 11.8 Å². The van der Waals surface area contributed by atoms with E-state index < -0.39 is 0 Å². The minimum absolute atomic E-state index is 0.188. The van der Waals surface area contributed by atoms with Crippen molar-refractivity contribution < 1.29 is 5.11 Å². The summed E-state index contributed by atoms with van der Waals surface area (Å²) in [5.41, 5.74) is 5.21. The van der Waals surface area contributed by atoms with Gasteiger partial charge in [-0.1, -0.05) is 0 Å². The first-order chi connectivity index (χ1) is 3.77. The van der Waals surface area contributed by atoms with Gasteiger partial charge in [0.25, 0.3) is 0 Å². The maximum Gasteiger partial charge on any atom is 0.0602 e. The Morgan fingerprint density at radius 2 is 2.38 bits per heavy atom. The third-order valence-corrected chi connectivity index (χ3v) is 1.86. The average Bonchev–Trinajstić information content (AvgIpc) is 1.66. The smallest absolute Gasteiger partial charge is 0.0602 e. The van der Waals surface area contributed by atoms with Gasteiger partial charge in [0.15, 0.2) is 0 Å². The number of hydrogen-bond donors (Lipinski definition) is 2. The largest absolute Gasteiger partial charge is 0.393 e. The molecule has 1 atom stereocenters. The summed E-state index contributed by atoms with van der Waals surface area (Å²) in [6, 6.07) is 0. The van der Waals surface area contributed by atoms with Crippen molar-refractivity contribution in [3.05, 3.63) is 0 Å². The fourth-order valence-corrected chi connectivity index (χ4v) is 1.01. The molecule has 0 aromatic rings. The van der Waals surface area contributed by atoms with Crippen LogP contribution in [-0.4, -0.2) is 29.3 Å². The van der Waals surface area contributed by atoms with Crippen molar-refractivity contribution in [1.82, 2.24) is 0 Å². The molecule has 0 fully saturated rings. The number of nitrogens with two attached hydrogens (primary N) is 1. The van der Waals surface area contributed by atoms with Crippen molar-refractivity contribution in [2.45, 2.75) is 13.0 Å². The van der Waals surface area contributed by atoms with Crippen molar-refractivity contribution in [1.29, 1.82) is 0 Å². The highest BCUT2D eigenvalue weighted by molar-refractivity contribution is 7.99. The first kappa shape index (κ1) is 8.27. The highest BCUT2D eigenvalue weighted by Crippen LogP contribution is 1.99. The quantitative estimate of drug-likeness (QED) is 0.536. The predicted molar refractivity (Wildman–Crippen MR) is 38.1 cm³/mol. The molecule has 2 nitrogen and oxygen atoms in total. The van der Waals surface area contributed by atoms with E-state index in [0.29, 0.717) is 6.54 Å². The summed E-state index contributed by atoms with van der Waals surface area (Å²) in [6.45, 7) is 2.49. The Morgan fingerprint density at radius 3 is 2.75 bits per heavy atom. The molecule has 0 aliphatic rings. The van der Waals surface area contributed by atoms with Crippen LogP contribution in [0.1, 0.15) is 6.92 Å². The second kappa shape index (κ2) is 5.41. The Morgan fingerprint density at radius 1 is 1.75 bits per heavy atom. The zero-order chi connectivity index (χ0) is 6.41. The second-order valence-corrected chi connectivity index (χ2v) is 2.86. The molecule has 3 heteroatoms. The molecule has 0 aromatic carbocycles. The Bertz CT molecular complexity index is 49.7. The summed E-state index contributed by atoms with van der Waals surface area (Å²) in [6.07, 6.45) is -0.188. The molecule has 1 unspecified atom stereocenters. The van der Waals surface area contributed by atoms with E-state index in [1.165, 1.54) is 0 Å². The van der Waals surface area contributed by atoms with Crippen LogP contribution in [-0.2, 0) is 0 Å². The van der Waals surface area contributed by atoms with Crippen LogP contribution in [0.2, 0.25) is 0 Å². The van der Waals surface area contributed by atoms with Crippen LogP contribution in [0.25, 0.3) is 0 Å². The van der Waals surface area contributed by atoms with E-state index in [1.54, 1.807) is 18.7 Å². The number of aliphatic hydroxyl groups is 1. The molecule has 0 saturated carbocycles. The van der Waals surface area contributed by atoms with Crippen molar-refractivity contribution in [2.24, 2.45) is 5.73 Å². The molecule has 0 aliphatic carbocycles. The minimum atomic E-state index is -0.188. The second-order valence-electron chi connectivity index (χ2n) is 1.71. The summed E-state index contributed by atoms with van der Waals surface area (Å²) in [5.74, 6) is 1.75. The van der Waals surface area contributed by atoms with Crippen LogP contribution in [0.5, 0.6) is 0 Å². The lowest BCUT2D eigenvalue weighted by molar-refractivity contribution is 0.220. The number of hydrogen-bond acceptors (Lipinski definition) is 3. The fraction of sp³-hybridized carbons (Fsp3) is 1.00. The molecular formula is C5H13NOS. The summed E-state index contributed by atoms with van der Waals surface area (Å²) in [5, 5.41) is 8.72. The van der Waals surface area contributed by atoms with Crippen LogP contribution in [0.4, 0.5) is 0 Å². The first-order valence-corrected chi connectivity index (χ1v) is 3.88. The highest BCUT2D eigenvalue weighted by Gasteiger charge is 1.92. The lowest BCUT2D eigenvalue weighted by Crippen LogP contribution is -2.07. The van der Waals surface area contributed by atoms with E-state index in [4.69, 9.17) is 10.8 Å². The summed E-state index contributed by atoms with van der Waals surface area (Å²) in [4.78, 5) is 0. The zero-order valence-corrected chi connectivity index (χ0v) is 5.95. The van der Waals surface area contributed by atoms with Gasteiger partial charge in [-0.25, -0.2) is 0 Å². The Labute approximate surface area is 54.5 Å². The van der Waals surface area contributed by atoms with E-state index in [9.17, 15) is 0 Å². The molecule has 0 amide bonds. The van der Waals surface area contributed by atoms with Crippen molar-refractivity contribution in [3.63, 3.8) is 0 Å². The molecule has 50 valence electrons. The number of rotatable bonds is 4. The number of thioether (sulfide) groups is 1. The molecule has 0 bridgehead atoms. The maximum absolute atomic E-state index is 8.72. The van der Waals surface area contributed by atoms with Crippen molar-refractivity contribution in [2.75, 3.05) is 18.1 Å². The third kappa shape index (κ3) is 6.27. The Kier molecular flexibility index (Phi) is 5.59. The monoisotopic (exact) mass is 135 g/mol. The van der Waals surface area contributed by atoms with Gasteiger partial charge in [0.2, 0.25) is 0 Å². The topological polar surface area (TPSA) is 46.2 Å². The lowest BCUT2D eigenvalue weighted by atomic mass is 10.5. The van der Waals surface area contributed by atoms with Crippen LogP contribution < -0.4 is 5.73 Å². The minimum Gasteiger partial charge on any atom is -0.393 e. The highest BCUT2D eigenvalue weighted by atomic mass is 32.2. The van der Waals surface area contributed by atoms with E-state index in [0.717, 1.165) is 11.5 Å². The van der Waals surface area contributed by atoms with E-state index in [-0.39, 0.29) is 6.10 Å². The summed E-state index contributed by atoms with van der Waals surface area (Å²) in [7, 11) is 0. The van der Waals surface area contributed by atoms with Crippen LogP contribution in [0.15, 0.2) is 0 Å². The molecule has 0 aromatic heterocycles. The van der Waals surface area contributed by atoms with E-state index in [2.05, 4.69) is 0 Å². The molecule has 0 aliphatic heterocycles. The van der Waals surface area contributed by atoms with Gasteiger partial charge in [0.05, 0.1) is 6.10 Å². The molecular weight excluding hydrogens is 122 g/mol. The summed E-state index contributed by atoms with van der Waals surface area (Å²) >= 11 is 1.69. The first-order valence-electron chi connectivity index (χ1n) is 2.73. The Hall–Kier alpha value is 0.270. The summed E-state index contributed by atoms with van der Waals surface area (Å²) < 4.78 is 0. The van der Waals surface area contributed by atoms with Gasteiger partial charge >= 0.3 is 0 Å². The van der Waals surface area contributed by atoms with Crippen LogP contribution in [0, 0.1) is 0 Å². The maximum atomic E-state index is 8.72. The third-order valence-electron chi connectivity index (χ3n) is 0.621. The molecule has 0 radical (unpaired) electrons. The van der Waals surface area contributed by atoms with Gasteiger partial charge in [-0.15, -0.1) is 0 Å². The number of aliphatic hydroxyl groups excluding tert-OH is 1. The van der Waals surface area contributed by atoms with Gasteiger partial charge in [-0.2, -0.15) is 11.8 Å². The predicted octanol–water partition coefficient (Wildman–Crippen LogP) is 0.0591. The SMILES string of the molecule is CC(O)CSCCN. The van der Waals surface area contributed by atoms with Crippen molar-refractivity contribution >= 4 is 11.8 Å². The standard InChI is InChI=1S/C5H13NOS/c1-5(7)4-8-3-2-6/h5,7H,2-4,6H2,1H3.